The third kappa shape index (κ3) is 5.25. The number of nitro benzene ring substituents is 1. The molecule has 4 aromatic rings. The molecule has 1 aliphatic heterocycles. The minimum Gasteiger partial charge on any atom is -0.493 e. The Bertz CT molecular complexity index is 1970. The van der Waals surface area contributed by atoms with Gasteiger partial charge in [0.05, 0.1) is 47.6 Å². The van der Waals surface area contributed by atoms with Crippen LogP contribution in [0.2, 0.25) is 0 Å². The van der Waals surface area contributed by atoms with Crippen molar-refractivity contribution in [2.75, 3.05) is 20.8 Å². The zero-order chi connectivity index (χ0) is 31.0. The Hall–Kier alpha value is -4.97. The molecule has 2 aromatic heterocycles. The number of fused-ring (bicyclic) bond motifs is 1. The lowest BCUT2D eigenvalue weighted by molar-refractivity contribution is -0.384. The summed E-state index contributed by atoms with van der Waals surface area (Å²) in [5.41, 5.74) is 4.40. The molecule has 222 valence electrons. The van der Waals surface area contributed by atoms with Crippen LogP contribution in [0.3, 0.4) is 0 Å². The molecular formula is C31H30N4O7S. The van der Waals surface area contributed by atoms with Crippen molar-refractivity contribution in [2.24, 2.45) is 4.99 Å². The Morgan fingerprint density at radius 3 is 2.40 bits per heavy atom. The molecule has 0 saturated carbocycles. The standard InChI is InChI=1S/C31H30N4O7S/c1-7-42-30(37)27-18(3)32-31-34(28(27)20-8-13-24(40-5)25(15-20)41-6)29(36)26(43-31)16-21-14-17(2)33(19(21)4)22-9-11-23(12-10-22)35(38)39/h8-16,28H,7H2,1-6H3/b26-16+/t28-/m1/s1. The number of carbonyl (C=O) groups excluding carboxylic acids is 1. The lowest BCUT2D eigenvalue weighted by atomic mass is 9.95. The highest BCUT2D eigenvalue weighted by molar-refractivity contribution is 7.07. The van der Waals surface area contributed by atoms with Gasteiger partial charge in [-0.2, -0.15) is 0 Å². The Balaban J connectivity index is 1.68. The molecule has 0 amide bonds. The second-order valence-electron chi connectivity index (χ2n) is 9.85. The number of thiazole rings is 1. The Morgan fingerprint density at radius 1 is 1.07 bits per heavy atom. The van der Waals surface area contributed by atoms with Crippen LogP contribution in [0, 0.1) is 24.0 Å². The van der Waals surface area contributed by atoms with Gasteiger partial charge in [0.1, 0.15) is 0 Å². The first-order valence-electron chi connectivity index (χ1n) is 13.4. The maximum atomic E-state index is 14.1. The zero-order valence-corrected chi connectivity index (χ0v) is 25.4. The van der Waals surface area contributed by atoms with E-state index in [1.807, 2.05) is 30.6 Å². The summed E-state index contributed by atoms with van der Waals surface area (Å²) in [4.78, 5) is 43.0. The summed E-state index contributed by atoms with van der Waals surface area (Å²) in [6, 6.07) is 12.7. The topological polar surface area (TPSA) is 127 Å². The number of hydrogen-bond acceptors (Lipinski definition) is 9. The van der Waals surface area contributed by atoms with Gasteiger partial charge in [-0.05, 0) is 75.2 Å². The number of rotatable bonds is 8. The number of carbonyl (C=O) groups is 1. The Kier molecular flexibility index (Phi) is 8.05. The molecule has 5 rings (SSSR count). The van der Waals surface area contributed by atoms with Crippen molar-refractivity contribution in [3.63, 3.8) is 0 Å². The number of nitrogens with zero attached hydrogens (tertiary/aromatic N) is 4. The molecule has 1 aliphatic rings. The van der Waals surface area contributed by atoms with Gasteiger partial charge in [0.25, 0.3) is 11.2 Å². The van der Waals surface area contributed by atoms with E-state index < -0.39 is 16.9 Å². The predicted molar refractivity (Wildman–Crippen MR) is 162 cm³/mol. The van der Waals surface area contributed by atoms with Crippen molar-refractivity contribution in [3.8, 4) is 17.2 Å². The minimum atomic E-state index is -0.801. The molecule has 11 nitrogen and oxygen atoms in total. The third-order valence-corrected chi connectivity index (χ3v) is 8.30. The maximum Gasteiger partial charge on any atom is 0.338 e. The molecule has 3 heterocycles. The second kappa shape index (κ2) is 11.7. The number of benzene rings is 2. The number of hydrogen-bond donors (Lipinski definition) is 0. The van der Waals surface area contributed by atoms with E-state index in [4.69, 9.17) is 14.2 Å². The van der Waals surface area contributed by atoms with Crippen LogP contribution < -0.4 is 24.4 Å². The van der Waals surface area contributed by atoms with E-state index >= 15 is 0 Å². The van der Waals surface area contributed by atoms with Crippen molar-refractivity contribution in [2.45, 2.75) is 33.7 Å². The number of aryl methyl sites for hydroxylation is 1. The number of aromatic nitrogens is 2. The second-order valence-corrected chi connectivity index (χ2v) is 10.9. The lowest BCUT2D eigenvalue weighted by Gasteiger charge is -2.25. The summed E-state index contributed by atoms with van der Waals surface area (Å²) in [5, 5.41) is 11.1. The van der Waals surface area contributed by atoms with E-state index in [1.165, 1.54) is 42.3 Å². The average molecular weight is 603 g/mol. The van der Waals surface area contributed by atoms with Gasteiger partial charge >= 0.3 is 5.97 Å². The van der Waals surface area contributed by atoms with E-state index in [0.29, 0.717) is 32.1 Å². The van der Waals surface area contributed by atoms with Crippen LogP contribution in [0.5, 0.6) is 11.5 Å². The van der Waals surface area contributed by atoms with E-state index in [1.54, 1.807) is 44.2 Å². The van der Waals surface area contributed by atoms with Crippen LogP contribution in [-0.2, 0) is 9.53 Å². The zero-order valence-electron chi connectivity index (χ0n) is 24.5. The quantitative estimate of drug-likeness (QED) is 0.169. The van der Waals surface area contributed by atoms with Crippen LogP contribution in [0.15, 0.2) is 69.6 Å². The first kappa shape index (κ1) is 29.5. The fourth-order valence-electron chi connectivity index (χ4n) is 5.33. The summed E-state index contributed by atoms with van der Waals surface area (Å²) in [6.45, 7) is 7.48. The summed E-state index contributed by atoms with van der Waals surface area (Å²) in [5.74, 6) is 0.420. The summed E-state index contributed by atoms with van der Waals surface area (Å²) in [6.07, 6.45) is 1.81. The number of ether oxygens (including phenoxy) is 3. The number of allylic oxidation sites excluding steroid dienone is 1. The fraction of sp³-hybridized carbons (Fsp3) is 0.258. The molecule has 43 heavy (non-hydrogen) atoms. The predicted octanol–water partition coefficient (Wildman–Crippen LogP) is 4.13. The van der Waals surface area contributed by atoms with Crippen LogP contribution in [0.25, 0.3) is 11.8 Å². The van der Waals surface area contributed by atoms with Gasteiger partial charge in [0.2, 0.25) is 0 Å². The van der Waals surface area contributed by atoms with E-state index in [2.05, 4.69) is 4.99 Å². The molecule has 0 bridgehead atoms. The molecule has 2 aromatic carbocycles. The largest absolute Gasteiger partial charge is 0.493 e. The van der Waals surface area contributed by atoms with Gasteiger partial charge in [0.15, 0.2) is 16.3 Å². The molecular weight excluding hydrogens is 572 g/mol. The van der Waals surface area contributed by atoms with Crippen molar-refractivity contribution in [1.82, 2.24) is 9.13 Å². The summed E-state index contributed by atoms with van der Waals surface area (Å²) < 4.78 is 20.2. The molecule has 12 heteroatoms. The van der Waals surface area contributed by atoms with Gasteiger partial charge in [-0.15, -0.1) is 0 Å². The highest BCUT2D eigenvalue weighted by atomic mass is 32.1. The maximum absolute atomic E-state index is 14.1. The van der Waals surface area contributed by atoms with Crippen LogP contribution in [-0.4, -0.2) is 40.9 Å². The number of non-ortho nitro benzene ring substituents is 1. The van der Waals surface area contributed by atoms with Gasteiger partial charge in [0, 0.05) is 29.2 Å². The van der Waals surface area contributed by atoms with Gasteiger partial charge in [-0.25, -0.2) is 9.79 Å². The van der Waals surface area contributed by atoms with Gasteiger partial charge < -0.3 is 18.8 Å². The van der Waals surface area contributed by atoms with Crippen molar-refractivity contribution in [3.05, 3.63) is 112 Å². The fourth-order valence-corrected chi connectivity index (χ4v) is 6.36. The Labute approximate surface area is 250 Å². The van der Waals surface area contributed by atoms with Crippen LogP contribution >= 0.6 is 11.3 Å². The van der Waals surface area contributed by atoms with Crippen molar-refractivity contribution in [1.29, 1.82) is 0 Å². The summed E-state index contributed by atoms with van der Waals surface area (Å²) in [7, 11) is 3.06. The van der Waals surface area contributed by atoms with Crippen molar-refractivity contribution >= 4 is 29.1 Å². The minimum absolute atomic E-state index is 0.00839. The molecule has 0 spiro atoms. The van der Waals surface area contributed by atoms with E-state index in [9.17, 15) is 19.7 Å². The summed E-state index contributed by atoms with van der Waals surface area (Å²) >= 11 is 1.23. The highest BCUT2D eigenvalue weighted by Gasteiger charge is 2.34. The molecule has 0 radical (unpaired) electrons. The lowest BCUT2D eigenvalue weighted by Crippen LogP contribution is -2.40. The molecule has 0 unspecified atom stereocenters. The average Bonchev–Trinajstić information content (AvgIpc) is 3.45. The number of esters is 1. The first-order chi connectivity index (χ1) is 20.6. The smallest absolute Gasteiger partial charge is 0.338 e. The van der Waals surface area contributed by atoms with E-state index in [0.717, 1.165) is 22.6 Å². The van der Waals surface area contributed by atoms with Gasteiger partial charge in [-0.3, -0.25) is 19.5 Å². The SMILES string of the molecule is CCOC(=O)C1=C(C)N=c2s/c(=C/c3cc(C)n(-c4ccc([N+](=O)[O-])cc4)c3C)c(=O)n2[C@@H]1c1ccc(OC)c(OC)c1. The van der Waals surface area contributed by atoms with Gasteiger partial charge in [-0.1, -0.05) is 17.4 Å². The molecule has 0 aliphatic carbocycles. The Morgan fingerprint density at radius 2 is 1.77 bits per heavy atom. The van der Waals surface area contributed by atoms with E-state index in [-0.39, 0.29) is 23.4 Å². The van der Waals surface area contributed by atoms with Crippen LogP contribution in [0.1, 0.15) is 42.4 Å². The molecule has 1 atom stereocenters. The third-order valence-electron chi connectivity index (χ3n) is 7.32. The number of methoxy groups -OCH3 is 2. The highest BCUT2D eigenvalue weighted by Crippen LogP contribution is 2.36. The normalized spacial score (nSPS) is 14.7. The molecule has 0 saturated heterocycles. The molecule has 0 fully saturated rings. The monoisotopic (exact) mass is 602 g/mol. The number of nitro groups is 1. The van der Waals surface area contributed by atoms with Crippen molar-refractivity contribution < 1.29 is 23.9 Å². The molecule has 0 N–H and O–H groups in total. The first-order valence-corrected chi connectivity index (χ1v) is 14.3. The van der Waals surface area contributed by atoms with Crippen LogP contribution in [0.4, 0.5) is 5.69 Å².